The van der Waals surface area contributed by atoms with E-state index in [1.807, 2.05) is 0 Å². The number of carbonyl (C=O) groups excluding carboxylic acids is 2. The van der Waals surface area contributed by atoms with Crippen LogP contribution in [0.25, 0.3) is 21.3 Å². The highest BCUT2D eigenvalue weighted by atomic mass is 35.5. The van der Waals surface area contributed by atoms with Crippen LogP contribution in [0, 0.1) is 6.92 Å². The molecule has 4 aromatic rings. The molecular weight excluding hydrogens is 591 g/mol. The quantitative estimate of drug-likeness (QED) is 0.215. The van der Waals surface area contributed by atoms with Gasteiger partial charge in [-0.15, -0.1) is 11.3 Å². The normalized spacial score (nSPS) is 12.9. The monoisotopic (exact) mass is 607 g/mol. The number of fused-ring (bicyclic) bond motifs is 1. The maximum absolute atomic E-state index is 13.7. The van der Waals surface area contributed by atoms with Crippen LogP contribution in [0.15, 0.2) is 30.3 Å². The zero-order valence-corrected chi connectivity index (χ0v) is 21.9. The van der Waals surface area contributed by atoms with Gasteiger partial charge in [-0.25, -0.2) is 27.2 Å². The number of anilines is 1. The summed E-state index contributed by atoms with van der Waals surface area (Å²) in [7, 11) is 0. The fraction of sp³-hybridized carbons (Fsp3) is 0.250. The van der Waals surface area contributed by atoms with Crippen LogP contribution in [0.2, 0.25) is 5.02 Å². The molecule has 1 aromatic carbocycles. The molecule has 0 radical (unpaired) electrons. The Bertz CT molecular complexity index is 1620. The van der Waals surface area contributed by atoms with E-state index in [-0.39, 0.29) is 31.9 Å². The predicted molar refractivity (Wildman–Crippen MR) is 134 cm³/mol. The number of nitrogens with one attached hydrogen (secondary N) is 1. The lowest BCUT2D eigenvalue weighted by Crippen LogP contribution is -2.27. The first kappa shape index (κ1) is 29.3. The Morgan fingerprint density at radius 3 is 2.25 bits per heavy atom. The third-order valence-corrected chi connectivity index (χ3v) is 7.34. The number of amides is 2. The summed E-state index contributed by atoms with van der Waals surface area (Å²) in [4.78, 5) is 28.4. The van der Waals surface area contributed by atoms with Gasteiger partial charge < -0.3 is 11.1 Å². The van der Waals surface area contributed by atoms with Crippen LogP contribution in [0.5, 0.6) is 0 Å². The summed E-state index contributed by atoms with van der Waals surface area (Å²) in [5.74, 6) is -2.25. The van der Waals surface area contributed by atoms with Crippen molar-refractivity contribution in [2.45, 2.75) is 38.9 Å². The fourth-order valence-corrected chi connectivity index (χ4v) is 5.21. The summed E-state index contributed by atoms with van der Waals surface area (Å²) >= 11 is 6.15. The predicted octanol–water partition coefficient (Wildman–Crippen LogP) is 7.31. The Balaban J connectivity index is 1.90. The molecule has 0 fully saturated rings. The van der Waals surface area contributed by atoms with E-state index in [9.17, 15) is 40.3 Å². The average Bonchev–Trinajstić information content (AvgIpc) is 3.41. The van der Waals surface area contributed by atoms with Crippen molar-refractivity contribution in [2.75, 3.05) is 5.32 Å². The smallest absolute Gasteiger partial charge is 0.365 e. The van der Waals surface area contributed by atoms with Crippen molar-refractivity contribution < 1.29 is 40.3 Å². The number of pyridine rings is 1. The van der Waals surface area contributed by atoms with Crippen LogP contribution in [-0.4, -0.2) is 26.6 Å². The maximum Gasteiger partial charge on any atom is 0.433 e. The van der Waals surface area contributed by atoms with Gasteiger partial charge in [0.25, 0.3) is 18.8 Å². The minimum atomic E-state index is -4.87. The molecule has 3 heterocycles. The number of nitrogens with two attached hydrogens (primary N) is 1. The van der Waals surface area contributed by atoms with Gasteiger partial charge in [0.15, 0.2) is 0 Å². The van der Waals surface area contributed by atoms with Crippen LogP contribution in [0.4, 0.5) is 36.4 Å². The highest BCUT2D eigenvalue weighted by Crippen LogP contribution is 2.44. The number of aromatic nitrogens is 3. The molecule has 0 aliphatic rings. The number of nitrogens with zero attached hydrogens (tertiary/aromatic N) is 3. The number of primary amides is 1. The van der Waals surface area contributed by atoms with Gasteiger partial charge in [-0.1, -0.05) is 41.4 Å². The lowest BCUT2D eigenvalue weighted by molar-refractivity contribution is -0.140. The molecule has 3 aromatic heterocycles. The number of halogens is 8. The van der Waals surface area contributed by atoms with E-state index in [0.29, 0.717) is 16.0 Å². The average molecular weight is 608 g/mol. The number of hydrogen-bond donors (Lipinski definition) is 2. The van der Waals surface area contributed by atoms with Gasteiger partial charge in [-0.2, -0.15) is 18.3 Å². The van der Waals surface area contributed by atoms with Crippen molar-refractivity contribution in [1.82, 2.24) is 14.8 Å². The SMILES string of the molecule is Cc1ccc(-c2cc(C(F)(F)F)nc3sc(C(N)=O)c(NC(=O)C(C)n4nc(C(F)F)c(Cl)c4C(F)F)c23)cc1. The Kier molecular flexibility index (Phi) is 7.82. The molecule has 0 bridgehead atoms. The minimum absolute atomic E-state index is 0.0561. The summed E-state index contributed by atoms with van der Waals surface area (Å²) in [6.45, 7) is 2.81. The first-order valence-electron chi connectivity index (χ1n) is 11.2. The Hall–Kier alpha value is -3.72. The Morgan fingerprint density at radius 1 is 1.10 bits per heavy atom. The van der Waals surface area contributed by atoms with Crippen LogP contribution < -0.4 is 11.1 Å². The van der Waals surface area contributed by atoms with Gasteiger partial charge in [0.2, 0.25) is 5.91 Å². The molecule has 0 aliphatic heterocycles. The van der Waals surface area contributed by atoms with Gasteiger partial charge in [-0.3, -0.25) is 9.59 Å². The molecule has 1 atom stereocenters. The van der Waals surface area contributed by atoms with Crippen molar-refractivity contribution in [3.8, 4) is 11.1 Å². The van der Waals surface area contributed by atoms with E-state index in [4.69, 9.17) is 17.3 Å². The number of thiophene rings is 1. The molecule has 4 rings (SSSR count). The summed E-state index contributed by atoms with van der Waals surface area (Å²) in [5, 5.41) is 4.62. The molecule has 16 heteroatoms. The molecule has 0 saturated carbocycles. The number of rotatable bonds is 7. The molecule has 1 unspecified atom stereocenters. The summed E-state index contributed by atoms with van der Waals surface area (Å²) in [6.07, 6.45) is -11.6. The molecular formula is C24H17ClF7N5O2S. The van der Waals surface area contributed by atoms with Gasteiger partial charge in [-0.05, 0) is 31.0 Å². The molecule has 212 valence electrons. The Morgan fingerprint density at radius 2 is 1.73 bits per heavy atom. The van der Waals surface area contributed by atoms with Gasteiger partial charge in [0, 0.05) is 5.39 Å². The number of hydrogen-bond acceptors (Lipinski definition) is 5. The Labute approximate surface area is 229 Å². The number of carbonyl (C=O) groups is 2. The lowest BCUT2D eigenvalue weighted by atomic mass is 10.00. The van der Waals surface area contributed by atoms with E-state index >= 15 is 0 Å². The second-order valence-corrected chi connectivity index (χ2v) is 9.94. The van der Waals surface area contributed by atoms with E-state index in [1.165, 1.54) is 12.1 Å². The van der Waals surface area contributed by atoms with Crippen LogP contribution >= 0.6 is 22.9 Å². The fourth-order valence-electron chi connectivity index (χ4n) is 3.91. The number of alkyl halides is 7. The molecule has 40 heavy (non-hydrogen) atoms. The minimum Gasteiger partial charge on any atom is -0.365 e. The summed E-state index contributed by atoms with van der Waals surface area (Å²) in [6, 6.07) is 5.35. The third-order valence-electron chi connectivity index (χ3n) is 5.86. The molecule has 2 amide bonds. The van der Waals surface area contributed by atoms with Gasteiger partial charge >= 0.3 is 6.18 Å². The first-order valence-corrected chi connectivity index (χ1v) is 12.4. The first-order chi connectivity index (χ1) is 18.6. The van der Waals surface area contributed by atoms with Crippen molar-refractivity contribution in [3.63, 3.8) is 0 Å². The molecule has 7 nitrogen and oxygen atoms in total. The van der Waals surface area contributed by atoms with Crippen LogP contribution in [0.3, 0.4) is 0 Å². The van der Waals surface area contributed by atoms with Crippen LogP contribution in [-0.2, 0) is 11.0 Å². The zero-order chi connectivity index (χ0) is 29.7. The molecule has 0 saturated heterocycles. The number of aryl methyl sites for hydroxylation is 1. The van der Waals surface area contributed by atoms with Crippen LogP contribution in [0.1, 0.15) is 58.1 Å². The second kappa shape index (κ2) is 10.7. The van der Waals surface area contributed by atoms with E-state index < -0.39 is 59.0 Å². The maximum atomic E-state index is 13.7. The number of benzene rings is 1. The molecule has 0 aliphatic carbocycles. The second-order valence-electron chi connectivity index (χ2n) is 8.57. The lowest BCUT2D eigenvalue weighted by Gasteiger charge is -2.17. The third kappa shape index (κ3) is 5.35. The molecule has 0 spiro atoms. The standard InChI is InChI=1S/C24H17ClF7N5O2S/c1-8-3-5-10(6-4-8)11-7-12(24(30,31)32)34-23-13(11)15(18(40-23)21(33)38)35-22(39)9(2)37-17(20(28)29)14(25)16(36-37)19(26)27/h3-7,9,19-20H,1-2H3,(H2,33,38)(H,35,39). The topological polar surface area (TPSA) is 103 Å². The van der Waals surface area contributed by atoms with Crippen molar-refractivity contribution >= 4 is 50.7 Å². The largest absolute Gasteiger partial charge is 0.433 e. The van der Waals surface area contributed by atoms with E-state index in [0.717, 1.165) is 18.6 Å². The van der Waals surface area contributed by atoms with E-state index in [1.54, 1.807) is 19.1 Å². The summed E-state index contributed by atoms with van der Waals surface area (Å²) in [5.41, 5.74) is 2.57. The summed E-state index contributed by atoms with van der Waals surface area (Å²) < 4.78 is 95.3. The van der Waals surface area contributed by atoms with Gasteiger partial charge in [0.05, 0.1) is 10.7 Å². The zero-order valence-electron chi connectivity index (χ0n) is 20.3. The van der Waals surface area contributed by atoms with Crippen molar-refractivity contribution in [2.24, 2.45) is 5.73 Å². The van der Waals surface area contributed by atoms with Crippen molar-refractivity contribution in [1.29, 1.82) is 0 Å². The molecule has 3 N–H and O–H groups in total. The highest BCUT2D eigenvalue weighted by Gasteiger charge is 2.36. The highest BCUT2D eigenvalue weighted by molar-refractivity contribution is 7.21. The van der Waals surface area contributed by atoms with Crippen molar-refractivity contribution in [3.05, 3.63) is 62.9 Å². The van der Waals surface area contributed by atoms with E-state index in [2.05, 4.69) is 15.4 Å². The van der Waals surface area contributed by atoms with Gasteiger partial charge in [0.1, 0.15) is 32.8 Å².